The Kier molecular flexibility index (Phi) is 3.37. The molecule has 0 spiro atoms. The van der Waals surface area contributed by atoms with E-state index in [9.17, 15) is 0 Å². The van der Waals surface area contributed by atoms with Crippen LogP contribution in [0.25, 0.3) is 48.8 Å². The highest BCUT2D eigenvalue weighted by Crippen LogP contribution is 2.36. The molecule has 0 N–H and O–H groups in total. The zero-order valence-corrected chi connectivity index (χ0v) is 15.9. The van der Waals surface area contributed by atoms with Crippen molar-refractivity contribution in [3.63, 3.8) is 0 Å². The quantitative estimate of drug-likeness (QED) is 0.316. The number of benzene rings is 3. The number of pyridine rings is 1. The molecule has 132 valence electrons. The van der Waals surface area contributed by atoms with Gasteiger partial charge in [-0.15, -0.1) is 11.3 Å². The van der Waals surface area contributed by atoms with E-state index in [-0.39, 0.29) is 0 Å². The average molecular weight is 376 g/mol. The first-order chi connectivity index (χ1) is 13.9. The van der Waals surface area contributed by atoms with Crippen molar-refractivity contribution in [1.29, 1.82) is 0 Å². The molecule has 3 aromatic carbocycles. The molecule has 0 radical (unpaired) electrons. The van der Waals surface area contributed by atoms with Crippen LogP contribution in [0.3, 0.4) is 0 Å². The van der Waals surface area contributed by atoms with Gasteiger partial charge in [-0.3, -0.25) is 4.98 Å². The topological polar surface area (TPSA) is 17.8 Å². The van der Waals surface area contributed by atoms with Gasteiger partial charge in [0.2, 0.25) is 0 Å². The second kappa shape index (κ2) is 6.04. The van der Waals surface area contributed by atoms with Gasteiger partial charge in [0.15, 0.2) is 0 Å². The molecular weight excluding hydrogens is 360 g/mol. The molecule has 3 aromatic heterocycles. The van der Waals surface area contributed by atoms with E-state index in [1.165, 1.54) is 31.9 Å². The molecule has 6 rings (SSSR count). The van der Waals surface area contributed by atoms with E-state index in [0.29, 0.717) is 0 Å². The van der Waals surface area contributed by atoms with Crippen molar-refractivity contribution in [1.82, 2.24) is 9.55 Å². The fourth-order valence-corrected chi connectivity index (χ4v) is 4.81. The molecule has 0 bridgehead atoms. The molecule has 0 unspecified atom stereocenters. The van der Waals surface area contributed by atoms with E-state index in [4.69, 9.17) is 4.98 Å². The van der Waals surface area contributed by atoms with Crippen molar-refractivity contribution in [3.8, 4) is 16.9 Å². The van der Waals surface area contributed by atoms with Crippen LogP contribution in [-0.4, -0.2) is 9.55 Å². The number of rotatable bonds is 2. The summed E-state index contributed by atoms with van der Waals surface area (Å²) in [5, 5.41) is 6.02. The molecule has 3 heteroatoms. The summed E-state index contributed by atoms with van der Waals surface area (Å²) < 4.78 is 3.64. The van der Waals surface area contributed by atoms with E-state index in [1.54, 1.807) is 11.3 Å². The maximum Gasteiger partial charge on any atom is 0.0703 e. The lowest BCUT2D eigenvalue weighted by Gasteiger charge is -2.09. The molecule has 28 heavy (non-hydrogen) atoms. The lowest BCUT2D eigenvalue weighted by Crippen LogP contribution is -1.95. The summed E-state index contributed by atoms with van der Waals surface area (Å²) in [5.41, 5.74) is 5.65. The molecule has 0 saturated heterocycles. The van der Waals surface area contributed by atoms with Gasteiger partial charge in [-0.25, -0.2) is 0 Å². The van der Waals surface area contributed by atoms with Crippen LogP contribution in [0, 0.1) is 0 Å². The van der Waals surface area contributed by atoms with Gasteiger partial charge < -0.3 is 4.57 Å². The minimum Gasteiger partial charge on any atom is -0.308 e. The van der Waals surface area contributed by atoms with Crippen molar-refractivity contribution < 1.29 is 0 Å². The lowest BCUT2D eigenvalue weighted by atomic mass is 10.1. The Morgan fingerprint density at radius 2 is 1.57 bits per heavy atom. The highest BCUT2D eigenvalue weighted by atomic mass is 32.1. The number of fused-ring (bicyclic) bond motifs is 4. The van der Waals surface area contributed by atoms with Crippen molar-refractivity contribution >= 4 is 43.2 Å². The van der Waals surface area contributed by atoms with Crippen molar-refractivity contribution in [2.24, 2.45) is 0 Å². The predicted octanol–water partition coefficient (Wildman–Crippen LogP) is 7.06. The van der Waals surface area contributed by atoms with E-state index in [0.717, 1.165) is 16.9 Å². The number of para-hydroxylation sites is 1. The van der Waals surface area contributed by atoms with Gasteiger partial charge in [0, 0.05) is 21.0 Å². The van der Waals surface area contributed by atoms with Crippen molar-refractivity contribution in [2.45, 2.75) is 0 Å². The largest absolute Gasteiger partial charge is 0.308 e. The Hall–Kier alpha value is -3.43. The first-order valence-electron chi connectivity index (χ1n) is 9.31. The highest BCUT2D eigenvalue weighted by Gasteiger charge is 2.13. The summed E-state index contributed by atoms with van der Waals surface area (Å²) in [7, 11) is 0. The van der Waals surface area contributed by atoms with Crippen molar-refractivity contribution in [2.75, 3.05) is 0 Å². The summed E-state index contributed by atoms with van der Waals surface area (Å²) in [5.74, 6) is 0. The smallest absolute Gasteiger partial charge is 0.0703 e. The molecule has 3 heterocycles. The molecular formula is C25H16N2S. The fraction of sp³-hybridized carbons (Fsp3) is 0. The van der Waals surface area contributed by atoms with Gasteiger partial charge in [-0.05, 0) is 47.2 Å². The van der Waals surface area contributed by atoms with Crippen LogP contribution in [0.1, 0.15) is 0 Å². The monoisotopic (exact) mass is 376 g/mol. The molecule has 0 saturated carbocycles. The Morgan fingerprint density at radius 1 is 0.714 bits per heavy atom. The van der Waals surface area contributed by atoms with Crippen LogP contribution in [-0.2, 0) is 0 Å². The standard InChI is InChI=1S/C25H16N2S/c1-2-6-17(7-3-1)22-11-10-19(16-26-22)27-23-9-5-4-8-20(23)21-14-18-12-13-28-25(18)15-24(21)27/h1-16H. The number of hydrogen-bond acceptors (Lipinski definition) is 2. The molecule has 2 nitrogen and oxygen atoms in total. The molecule has 0 aliphatic rings. The first kappa shape index (κ1) is 15.6. The zero-order chi connectivity index (χ0) is 18.5. The van der Waals surface area contributed by atoms with Gasteiger partial charge in [0.1, 0.15) is 0 Å². The normalized spacial score (nSPS) is 11.6. The Morgan fingerprint density at radius 3 is 2.43 bits per heavy atom. The number of nitrogens with zero attached hydrogens (tertiary/aromatic N) is 2. The van der Waals surface area contributed by atoms with E-state index < -0.39 is 0 Å². The van der Waals surface area contributed by atoms with Gasteiger partial charge >= 0.3 is 0 Å². The summed E-state index contributed by atoms with van der Waals surface area (Å²) in [4.78, 5) is 4.75. The fourth-order valence-electron chi connectivity index (χ4n) is 4.00. The van der Waals surface area contributed by atoms with Crippen LogP contribution >= 0.6 is 11.3 Å². The minimum absolute atomic E-state index is 0.991. The second-order valence-corrected chi connectivity index (χ2v) is 7.90. The number of hydrogen-bond donors (Lipinski definition) is 0. The van der Waals surface area contributed by atoms with Crippen molar-refractivity contribution in [3.05, 3.63) is 96.5 Å². The molecule has 0 atom stereocenters. The Labute approximate surface area is 166 Å². The molecule has 0 amide bonds. The summed E-state index contributed by atoms with van der Waals surface area (Å²) in [6, 6.07) is 30.0. The maximum absolute atomic E-state index is 4.75. The predicted molar refractivity (Wildman–Crippen MR) is 119 cm³/mol. The van der Waals surface area contributed by atoms with Gasteiger partial charge in [-0.2, -0.15) is 0 Å². The van der Waals surface area contributed by atoms with Crippen LogP contribution in [0.4, 0.5) is 0 Å². The van der Waals surface area contributed by atoms with Gasteiger partial charge in [0.05, 0.1) is 28.6 Å². The SMILES string of the molecule is c1ccc(-c2ccc(-n3c4ccccc4c4cc5ccsc5cc43)cn2)cc1. The van der Waals surface area contributed by atoms with Gasteiger partial charge in [-0.1, -0.05) is 48.5 Å². The first-order valence-corrected chi connectivity index (χ1v) is 10.2. The molecule has 0 aliphatic carbocycles. The van der Waals surface area contributed by atoms with Crippen LogP contribution < -0.4 is 0 Å². The third-order valence-corrected chi connectivity index (χ3v) is 6.20. The summed E-state index contributed by atoms with van der Waals surface area (Å²) in [6.07, 6.45) is 1.98. The number of aromatic nitrogens is 2. The van der Waals surface area contributed by atoms with Crippen LogP contribution in [0.15, 0.2) is 96.5 Å². The second-order valence-electron chi connectivity index (χ2n) is 6.95. The third kappa shape index (κ3) is 2.30. The number of thiophene rings is 1. The zero-order valence-electron chi connectivity index (χ0n) is 15.0. The Bertz CT molecular complexity index is 1440. The van der Waals surface area contributed by atoms with Gasteiger partial charge in [0.25, 0.3) is 0 Å². The lowest BCUT2D eigenvalue weighted by molar-refractivity contribution is 1.14. The van der Waals surface area contributed by atoms with E-state index in [2.05, 4.69) is 76.7 Å². The minimum atomic E-state index is 0.991. The highest BCUT2D eigenvalue weighted by molar-refractivity contribution is 7.17. The molecule has 0 aliphatic heterocycles. The summed E-state index contributed by atoms with van der Waals surface area (Å²) >= 11 is 1.79. The average Bonchev–Trinajstić information content (AvgIpc) is 3.35. The van der Waals surface area contributed by atoms with Crippen LogP contribution in [0.2, 0.25) is 0 Å². The summed E-state index contributed by atoms with van der Waals surface area (Å²) in [6.45, 7) is 0. The van der Waals surface area contributed by atoms with E-state index >= 15 is 0 Å². The Balaban J connectivity index is 1.62. The molecule has 0 fully saturated rings. The van der Waals surface area contributed by atoms with E-state index in [1.807, 2.05) is 24.4 Å². The maximum atomic E-state index is 4.75. The van der Waals surface area contributed by atoms with Crippen LogP contribution in [0.5, 0.6) is 0 Å². The molecule has 6 aromatic rings. The third-order valence-electron chi connectivity index (χ3n) is 5.32.